The molecule has 0 radical (unpaired) electrons. The molecule has 0 bridgehead atoms. The SMILES string of the molecule is Cc1ccc(NC(=O)c2ccccc2S(C)(=O)=O)c(F)c1. The molecule has 0 aliphatic heterocycles. The van der Waals surface area contributed by atoms with E-state index < -0.39 is 21.6 Å². The summed E-state index contributed by atoms with van der Waals surface area (Å²) in [5, 5.41) is 2.39. The molecule has 2 aromatic carbocycles. The average molecular weight is 307 g/mol. The second-order valence-electron chi connectivity index (χ2n) is 4.71. The molecule has 0 unspecified atom stereocenters. The van der Waals surface area contributed by atoms with E-state index in [0.717, 1.165) is 11.8 Å². The van der Waals surface area contributed by atoms with E-state index in [0.29, 0.717) is 0 Å². The molecule has 0 heterocycles. The van der Waals surface area contributed by atoms with Crippen molar-refractivity contribution in [3.05, 3.63) is 59.4 Å². The third-order valence-electron chi connectivity index (χ3n) is 2.90. The van der Waals surface area contributed by atoms with E-state index in [1.807, 2.05) is 0 Å². The van der Waals surface area contributed by atoms with Crippen LogP contribution in [-0.4, -0.2) is 20.6 Å². The summed E-state index contributed by atoms with van der Waals surface area (Å²) in [5.41, 5.74) is 0.718. The molecule has 6 heteroatoms. The first-order chi connectivity index (χ1) is 9.79. The van der Waals surface area contributed by atoms with Crippen molar-refractivity contribution in [2.24, 2.45) is 0 Å². The Morgan fingerprint density at radius 3 is 2.43 bits per heavy atom. The Labute approximate surface area is 122 Å². The van der Waals surface area contributed by atoms with E-state index in [2.05, 4.69) is 5.32 Å². The Bertz CT molecular complexity index is 800. The maximum absolute atomic E-state index is 13.7. The van der Waals surface area contributed by atoms with Gasteiger partial charge in [-0.25, -0.2) is 12.8 Å². The summed E-state index contributed by atoms with van der Waals surface area (Å²) in [6.45, 7) is 1.73. The smallest absolute Gasteiger partial charge is 0.257 e. The predicted molar refractivity (Wildman–Crippen MR) is 78.6 cm³/mol. The minimum Gasteiger partial charge on any atom is -0.319 e. The van der Waals surface area contributed by atoms with Crippen LogP contribution >= 0.6 is 0 Å². The Morgan fingerprint density at radius 1 is 1.14 bits per heavy atom. The number of hydrogen-bond acceptors (Lipinski definition) is 3. The van der Waals surface area contributed by atoms with E-state index in [4.69, 9.17) is 0 Å². The Morgan fingerprint density at radius 2 is 1.81 bits per heavy atom. The molecule has 1 N–H and O–H groups in total. The minimum absolute atomic E-state index is 0.00824. The fourth-order valence-electron chi connectivity index (χ4n) is 1.89. The van der Waals surface area contributed by atoms with E-state index in [1.54, 1.807) is 19.1 Å². The van der Waals surface area contributed by atoms with Crippen LogP contribution in [0.15, 0.2) is 47.4 Å². The van der Waals surface area contributed by atoms with Crippen LogP contribution in [0.25, 0.3) is 0 Å². The molecule has 0 aliphatic carbocycles. The van der Waals surface area contributed by atoms with Crippen molar-refractivity contribution in [2.75, 3.05) is 11.6 Å². The summed E-state index contributed by atoms with van der Waals surface area (Å²) in [4.78, 5) is 12.1. The van der Waals surface area contributed by atoms with Gasteiger partial charge in [0.15, 0.2) is 9.84 Å². The van der Waals surface area contributed by atoms with Crippen molar-refractivity contribution in [2.45, 2.75) is 11.8 Å². The fourth-order valence-corrected chi connectivity index (χ4v) is 2.77. The van der Waals surface area contributed by atoms with Crippen molar-refractivity contribution < 1.29 is 17.6 Å². The van der Waals surface area contributed by atoms with Gasteiger partial charge in [-0.1, -0.05) is 18.2 Å². The zero-order chi connectivity index (χ0) is 15.6. The highest BCUT2D eigenvalue weighted by Gasteiger charge is 2.18. The van der Waals surface area contributed by atoms with Gasteiger partial charge in [-0.2, -0.15) is 0 Å². The topological polar surface area (TPSA) is 63.2 Å². The summed E-state index contributed by atoms with van der Waals surface area (Å²) < 4.78 is 37.1. The number of hydrogen-bond donors (Lipinski definition) is 1. The molecule has 2 rings (SSSR count). The normalized spacial score (nSPS) is 11.2. The van der Waals surface area contributed by atoms with Gasteiger partial charge in [0.2, 0.25) is 0 Å². The summed E-state index contributed by atoms with van der Waals surface area (Å²) in [7, 11) is -3.54. The molecule has 2 aromatic rings. The molecule has 1 amide bonds. The van der Waals surface area contributed by atoms with Crippen LogP contribution in [0, 0.1) is 12.7 Å². The summed E-state index contributed by atoms with van der Waals surface area (Å²) in [6.07, 6.45) is 1.02. The van der Waals surface area contributed by atoms with Crippen LogP contribution in [0.1, 0.15) is 15.9 Å². The van der Waals surface area contributed by atoms with Crippen LogP contribution in [0.2, 0.25) is 0 Å². The van der Waals surface area contributed by atoms with Gasteiger partial charge in [0.25, 0.3) is 5.91 Å². The van der Waals surface area contributed by atoms with Gasteiger partial charge in [0, 0.05) is 6.26 Å². The molecular formula is C15H14FNO3S. The van der Waals surface area contributed by atoms with Crippen molar-refractivity contribution in [1.82, 2.24) is 0 Å². The number of benzene rings is 2. The highest BCUT2D eigenvalue weighted by molar-refractivity contribution is 7.90. The first-order valence-electron chi connectivity index (χ1n) is 6.15. The van der Waals surface area contributed by atoms with Crippen molar-refractivity contribution in [3.63, 3.8) is 0 Å². The highest BCUT2D eigenvalue weighted by atomic mass is 32.2. The lowest BCUT2D eigenvalue weighted by Crippen LogP contribution is -2.16. The second-order valence-corrected chi connectivity index (χ2v) is 6.69. The lowest BCUT2D eigenvalue weighted by Gasteiger charge is -2.10. The molecule has 0 fully saturated rings. The van der Waals surface area contributed by atoms with Gasteiger partial charge in [-0.05, 0) is 36.8 Å². The molecule has 0 aromatic heterocycles. The Balaban J connectivity index is 2.38. The third kappa shape index (κ3) is 3.46. The number of nitrogens with one attached hydrogen (secondary N) is 1. The summed E-state index contributed by atoms with van der Waals surface area (Å²) in [6, 6.07) is 10.2. The molecule has 110 valence electrons. The van der Waals surface area contributed by atoms with Crippen LogP contribution in [-0.2, 0) is 9.84 Å². The molecule has 0 saturated heterocycles. The maximum atomic E-state index is 13.7. The van der Waals surface area contributed by atoms with Crippen LogP contribution in [0.4, 0.5) is 10.1 Å². The number of carbonyl (C=O) groups is 1. The number of amides is 1. The lowest BCUT2D eigenvalue weighted by molar-refractivity contribution is 0.102. The largest absolute Gasteiger partial charge is 0.319 e. The van der Waals surface area contributed by atoms with E-state index in [-0.39, 0.29) is 16.1 Å². The highest BCUT2D eigenvalue weighted by Crippen LogP contribution is 2.19. The number of carbonyl (C=O) groups excluding carboxylic acids is 1. The van der Waals surface area contributed by atoms with E-state index in [1.165, 1.54) is 30.3 Å². The first kappa shape index (κ1) is 15.2. The van der Waals surface area contributed by atoms with Gasteiger partial charge in [-0.3, -0.25) is 4.79 Å². The maximum Gasteiger partial charge on any atom is 0.257 e. The van der Waals surface area contributed by atoms with Crippen LogP contribution in [0.5, 0.6) is 0 Å². The van der Waals surface area contributed by atoms with Gasteiger partial charge in [0.05, 0.1) is 16.1 Å². The van der Waals surface area contributed by atoms with Crippen LogP contribution < -0.4 is 5.32 Å². The number of anilines is 1. The standard InChI is InChI=1S/C15H14FNO3S/c1-10-7-8-13(12(16)9-10)17-15(18)11-5-3-4-6-14(11)21(2,19)20/h3-9H,1-2H3,(H,17,18). The van der Waals surface area contributed by atoms with Crippen LogP contribution in [0.3, 0.4) is 0 Å². The Hall–Kier alpha value is -2.21. The number of rotatable bonds is 3. The molecule has 0 saturated carbocycles. The zero-order valence-corrected chi connectivity index (χ0v) is 12.4. The molecule has 0 spiro atoms. The summed E-state index contributed by atoms with van der Waals surface area (Å²) in [5.74, 6) is -1.24. The van der Waals surface area contributed by atoms with Gasteiger partial charge in [-0.15, -0.1) is 0 Å². The van der Waals surface area contributed by atoms with Crippen molar-refractivity contribution in [3.8, 4) is 0 Å². The average Bonchev–Trinajstić information content (AvgIpc) is 2.41. The monoisotopic (exact) mass is 307 g/mol. The molecule has 0 atom stereocenters. The first-order valence-corrected chi connectivity index (χ1v) is 8.05. The fraction of sp³-hybridized carbons (Fsp3) is 0.133. The van der Waals surface area contributed by atoms with E-state index in [9.17, 15) is 17.6 Å². The quantitative estimate of drug-likeness (QED) is 0.948. The second kappa shape index (κ2) is 5.65. The minimum atomic E-state index is -3.54. The van der Waals surface area contributed by atoms with Crippen molar-refractivity contribution in [1.29, 1.82) is 0 Å². The van der Waals surface area contributed by atoms with Gasteiger partial charge in [0.1, 0.15) is 5.82 Å². The van der Waals surface area contributed by atoms with E-state index >= 15 is 0 Å². The zero-order valence-electron chi connectivity index (χ0n) is 11.6. The summed E-state index contributed by atoms with van der Waals surface area (Å²) >= 11 is 0. The molecular weight excluding hydrogens is 293 g/mol. The molecule has 0 aliphatic rings. The third-order valence-corrected chi connectivity index (χ3v) is 4.06. The molecule has 21 heavy (non-hydrogen) atoms. The molecule has 4 nitrogen and oxygen atoms in total. The van der Waals surface area contributed by atoms with Crippen molar-refractivity contribution >= 4 is 21.4 Å². The predicted octanol–water partition coefficient (Wildman–Crippen LogP) is 2.79. The van der Waals surface area contributed by atoms with Gasteiger partial charge >= 0.3 is 0 Å². The van der Waals surface area contributed by atoms with Gasteiger partial charge < -0.3 is 5.32 Å². The Kier molecular flexibility index (Phi) is 4.09. The lowest BCUT2D eigenvalue weighted by atomic mass is 10.2. The number of halogens is 1. The number of sulfone groups is 1. The number of aryl methyl sites for hydroxylation is 1.